The van der Waals surface area contributed by atoms with E-state index in [1.807, 2.05) is 6.07 Å². The second kappa shape index (κ2) is 6.40. The van der Waals surface area contributed by atoms with Crippen molar-refractivity contribution in [1.29, 1.82) is 0 Å². The van der Waals surface area contributed by atoms with Crippen molar-refractivity contribution in [3.8, 4) is 0 Å². The van der Waals surface area contributed by atoms with Crippen molar-refractivity contribution in [2.45, 2.75) is 43.9 Å². The van der Waals surface area contributed by atoms with Gasteiger partial charge in [-0.25, -0.2) is 0 Å². The van der Waals surface area contributed by atoms with Gasteiger partial charge in [0, 0.05) is 0 Å². The molecular formula is C16H19ClN2O. The van der Waals surface area contributed by atoms with Crippen molar-refractivity contribution in [2.75, 3.05) is 0 Å². The van der Waals surface area contributed by atoms with Crippen molar-refractivity contribution >= 4 is 11.6 Å². The standard InChI is InChI=1S/C16H19ClN2O/c17-11-14-18-16(19-20-14)15(12-7-3-1-4-8-12)13-9-5-2-6-10-13/h1,3-4,7-8,13,15H,2,5-6,9-11H2/t15-/m1/s1. The summed E-state index contributed by atoms with van der Waals surface area (Å²) in [6.45, 7) is 0. The first-order valence-corrected chi connectivity index (χ1v) is 7.85. The number of aromatic nitrogens is 2. The molecule has 1 aromatic carbocycles. The van der Waals surface area contributed by atoms with Crippen molar-refractivity contribution in [3.05, 3.63) is 47.6 Å². The lowest BCUT2D eigenvalue weighted by Gasteiger charge is -2.28. The van der Waals surface area contributed by atoms with Gasteiger partial charge in [-0.05, 0) is 24.3 Å². The Morgan fingerprint density at radius 3 is 2.55 bits per heavy atom. The Morgan fingerprint density at radius 1 is 1.15 bits per heavy atom. The van der Waals surface area contributed by atoms with E-state index in [0.717, 1.165) is 5.82 Å². The number of nitrogens with zero attached hydrogens (tertiary/aromatic N) is 2. The van der Waals surface area contributed by atoms with E-state index in [1.54, 1.807) is 0 Å². The van der Waals surface area contributed by atoms with Gasteiger partial charge in [0.05, 0.1) is 5.92 Å². The molecular weight excluding hydrogens is 272 g/mol. The van der Waals surface area contributed by atoms with Crippen LogP contribution in [0, 0.1) is 5.92 Å². The molecule has 1 aromatic heterocycles. The molecule has 0 N–H and O–H groups in total. The van der Waals surface area contributed by atoms with Crippen molar-refractivity contribution in [3.63, 3.8) is 0 Å². The maximum atomic E-state index is 5.78. The summed E-state index contributed by atoms with van der Waals surface area (Å²) >= 11 is 5.78. The fourth-order valence-corrected chi connectivity index (χ4v) is 3.32. The predicted molar refractivity (Wildman–Crippen MR) is 78.7 cm³/mol. The van der Waals surface area contributed by atoms with E-state index in [0.29, 0.717) is 11.8 Å². The van der Waals surface area contributed by atoms with E-state index >= 15 is 0 Å². The Bertz CT molecular complexity index is 534. The van der Waals surface area contributed by atoms with Gasteiger partial charge in [0.15, 0.2) is 5.82 Å². The van der Waals surface area contributed by atoms with Crippen LogP contribution in [-0.4, -0.2) is 10.1 Å². The van der Waals surface area contributed by atoms with Gasteiger partial charge in [-0.3, -0.25) is 0 Å². The minimum absolute atomic E-state index is 0.234. The predicted octanol–water partition coefficient (Wildman–Crippen LogP) is 4.52. The molecule has 0 bridgehead atoms. The number of hydrogen-bond acceptors (Lipinski definition) is 3. The smallest absolute Gasteiger partial charge is 0.241 e. The lowest BCUT2D eigenvalue weighted by molar-refractivity contribution is 0.311. The van der Waals surface area contributed by atoms with Crippen LogP contribution in [0.4, 0.5) is 0 Å². The molecule has 0 saturated heterocycles. The summed E-state index contributed by atoms with van der Waals surface area (Å²) in [4.78, 5) is 4.47. The molecule has 1 atom stereocenters. The first kappa shape index (κ1) is 13.6. The van der Waals surface area contributed by atoms with Crippen molar-refractivity contribution in [1.82, 2.24) is 10.1 Å². The first-order valence-electron chi connectivity index (χ1n) is 7.32. The van der Waals surface area contributed by atoms with Crippen LogP contribution in [0.1, 0.15) is 55.3 Å². The van der Waals surface area contributed by atoms with Gasteiger partial charge in [0.2, 0.25) is 5.89 Å². The summed E-state index contributed by atoms with van der Waals surface area (Å²) in [7, 11) is 0. The van der Waals surface area contributed by atoms with Crippen LogP contribution in [0.15, 0.2) is 34.9 Å². The van der Waals surface area contributed by atoms with E-state index in [9.17, 15) is 0 Å². The molecule has 1 heterocycles. The Hall–Kier alpha value is -1.35. The molecule has 20 heavy (non-hydrogen) atoms. The monoisotopic (exact) mass is 290 g/mol. The lowest BCUT2D eigenvalue weighted by Crippen LogP contribution is -2.18. The van der Waals surface area contributed by atoms with Gasteiger partial charge in [0.25, 0.3) is 0 Å². The maximum absolute atomic E-state index is 5.78. The zero-order valence-corrected chi connectivity index (χ0v) is 12.2. The zero-order chi connectivity index (χ0) is 13.8. The molecule has 3 rings (SSSR count). The molecule has 0 amide bonds. The molecule has 106 valence electrons. The molecule has 1 aliphatic rings. The Kier molecular flexibility index (Phi) is 4.36. The van der Waals surface area contributed by atoms with Crippen molar-refractivity contribution < 1.29 is 4.52 Å². The Balaban J connectivity index is 1.94. The molecule has 1 saturated carbocycles. The van der Waals surface area contributed by atoms with Crippen LogP contribution in [0.25, 0.3) is 0 Å². The summed E-state index contributed by atoms with van der Waals surface area (Å²) in [6.07, 6.45) is 6.42. The highest BCUT2D eigenvalue weighted by atomic mass is 35.5. The molecule has 2 aromatic rings. The molecule has 1 fully saturated rings. The second-order valence-electron chi connectivity index (χ2n) is 5.47. The lowest BCUT2D eigenvalue weighted by atomic mass is 9.76. The highest BCUT2D eigenvalue weighted by Crippen LogP contribution is 2.39. The maximum Gasteiger partial charge on any atom is 0.241 e. The average molecular weight is 291 g/mol. The van der Waals surface area contributed by atoms with Crippen LogP contribution >= 0.6 is 11.6 Å². The number of hydrogen-bond donors (Lipinski definition) is 0. The number of benzene rings is 1. The van der Waals surface area contributed by atoms with Gasteiger partial charge in [-0.1, -0.05) is 54.8 Å². The quantitative estimate of drug-likeness (QED) is 0.777. The molecule has 0 aliphatic heterocycles. The fourth-order valence-electron chi connectivity index (χ4n) is 3.21. The minimum Gasteiger partial charge on any atom is -0.338 e. The average Bonchev–Trinajstić information content (AvgIpc) is 2.98. The molecule has 3 nitrogen and oxygen atoms in total. The van der Waals surface area contributed by atoms with Gasteiger partial charge in [-0.15, -0.1) is 11.6 Å². The summed E-state index contributed by atoms with van der Waals surface area (Å²) in [5.74, 6) is 2.42. The fraction of sp³-hybridized carbons (Fsp3) is 0.500. The summed E-state index contributed by atoms with van der Waals surface area (Å²) in [6, 6.07) is 10.5. The third kappa shape index (κ3) is 2.88. The summed E-state index contributed by atoms with van der Waals surface area (Å²) in [5.41, 5.74) is 1.28. The zero-order valence-electron chi connectivity index (χ0n) is 11.5. The topological polar surface area (TPSA) is 38.9 Å². The highest BCUT2D eigenvalue weighted by Gasteiger charge is 2.30. The summed E-state index contributed by atoms with van der Waals surface area (Å²) in [5, 5.41) is 4.17. The highest BCUT2D eigenvalue weighted by molar-refractivity contribution is 6.16. The van der Waals surface area contributed by atoms with Crippen LogP contribution in [-0.2, 0) is 5.88 Å². The molecule has 0 unspecified atom stereocenters. The number of alkyl halides is 1. The van der Waals surface area contributed by atoms with Crippen LogP contribution < -0.4 is 0 Å². The van der Waals surface area contributed by atoms with Gasteiger partial charge in [0.1, 0.15) is 5.88 Å². The molecule has 0 spiro atoms. The normalized spacial score (nSPS) is 18.1. The third-order valence-electron chi connectivity index (χ3n) is 4.16. The van der Waals surface area contributed by atoms with Gasteiger partial charge < -0.3 is 4.52 Å². The van der Waals surface area contributed by atoms with E-state index in [-0.39, 0.29) is 11.8 Å². The molecule has 1 aliphatic carbocycles. The van der Waals surface area contributed by atoms with Crippen molar-refractivity contribution in [2.24, 2.45) is 5.92 Å². The van der Waals surface area contributed by atoms with E-state index in [2.05, 4.69) is 34.4 Å². The second-order valence-corrected chi connectivity index (χ2v) is 5.73. The van der Waals surface area contributed by atoms with Crippen LogP contribution in [0.5, 0.6) is 0 Å². The van der Waals surface area contributed by atoms with Gasteiger partial charge >= 0.3 is 0 Å². The Labute approximate surface area is 124 Å². The van der Waals surface area contributed by atoms with Crippen LogP contribution in [0.2, 0.25) is 0 Å². The van der Waals surface area contributed by atoms with Gasteiger partial charge in [-0.2, -0.15) is 4.98 Å². The first-order chi connectivity index (χ1) is 9.88. The molecule has 0 radical (unpaired) electrons. The molecule has 4 heteroatoms. The van der Waals surface area contributed by atoms with E-state index in [4.69, 9.17) is 16.1 Å². The van der Waals surface area contributed by atoms with E-state index < -0.39 is 0 Å². The third-order valence-corrected chi connectivity index (χ3v) is 4.38. The SMILES string of the molecule is ClCc1nc([C@H](c2ccccc2)C2CCCCC2)no1. The summed E-state index contributed by atoms with van der Waals surface area (Å²) < 4.78 is 5.21. The van der Waals surface area contributed by atoms with Crippen LogP contribution in [0.3, 0.4) is 0 Å². The Morgan fingerprint density at radius 2 is 1.90 bits per heavy atom. The number of rotatable bonds is 4. The largest absolute Gasteiger partial charge is 0.338 e. The minimum atomic E-state index is 0.234. The van der Waals surface area contributed by atoms with E-state index in [1.165, 1.54) is 37.7 Å². The number of halogens is 1.